The van der Waals surface area contributed by atoms with Gasteiger partial charge in [0, 0.05) is 6.08 Å². The third-order valence-corrected chi connectivity index (χ3v) is 4.40. The van der Waals surface area contributed by atoms with Crippen LogP contribution >= 0.6 is 23.2 Å². The highest BCUT2D eigenvalue weighted by Crippen LogP contribution is 2.29. The average molecular weight is 355 g/mol. The van der Waals surface area contributed by atoms with Crippen LogP contribution in [-0.4, -0.2) is 11.9 Å². The number of nitrogens with zero attached hydrogens (tertiary/aromatic N) is 2. The van der Waals surface area contributed by atoms with Gasteiger partial charge in [-0.1, -0.05) is 53.5 Å². The summed E-state index contributed by atoms with van der Waals surface area (Å²) in [6.07, 6.45) is 6.66. The lowest BCUT2D eigenvalue weighted by Crippen LogP contribution is -2.39. The first-order valence-corrected chi connectivity index (χ1v) is 7.99. The fourth-order valence-electron chi connectivity index (χ4n) is 2.50. The molecule has 0 bridgehead atoms. The number of amides is 1. The Bertz CT molecular complexity index is 896. The zero-order valence-corrected chi connectivity index (χ0v) is 14.0. The molecule has 1 aliphatic rings. The Balaban J connectivity index is 1.90. The third kappa shape index (κ3) is 3.21. The predicted molar refractivity (Wildman–Crippen MR) is 97.9 cm³/mol. The second kappa shape index (κ2) is 6.92. The Kier molecular flexibility index (Phi) is 4.71. The largest absolute Gasteiger partial charge is 0.288 e. The van der Waals surface area contributed by atoms with Crippen molar-refractivity contribution in [3.05, 3.63) is 75.8 Å². The van der Waals surface area contributed by atoms with E-state index in [0.29, 0.717) is 10.0 Å². The van der Waals surface area contributed by atoms with Crippen LogP contribution in [0.5, 0.6) is 0 Å². The zero-order valence-electron chi connectivity index (χ0n) is 12.5. The lowest BCUT2D eigenvalue weighted by Gasteiger charge is -2.29. The van der Waals surface area contributed by atoms with Gasteiger partial charge in [-0.05, 0) is 41.5 Å². The molecule has 118 valence electrons. The van der Waals surface area contributed by atoms with Gasteiger partial charge in [-0.15, -0.1) is 0 Å². The number of benzene rings is 2. The first kappa shape index (κ1) is 16.3. The van der Waals surface area contributed by atoms with Crippen LogP contribution in [0.15, 0.2) is 54.6 Å². The summed E-state index contributed by atoms with van der Waals surface area (Å²) >= 11 is 11.9. The van der Waals surface area contributed by atoms with Crippen LogP contribution in [0.2, 0.25) is 10.0 Å². The van der Waals surface area contributed by atoms with Gasteiger partial charge in [-0.25, -0.2) is 0 Å². The number of anilines is 1. The molecule has 0 N–H and O–H groups in total. The maximum Gasteiger partial charge on any atom is 0.252 e. The van der Waals surface area contributed by atoms with Crippen molar-refractivity contribution in [2.45, 2.75) is 6.04 Å². The van der Waals surface area contributed by atoms with Crippen LogP contribution in [0.25, 0.3) is 12.2 Å². The van der Waals surface area contributed by atoms with Gasteiger partial charge in [0.05, 0.1) is 21.8 Å². The number of hydrogen-bond donors (Lipinski definition) is 0. The predicted octanol–water partition coefficient (Wildman–Crippen LogP) is 4.96. The number of hydrogen-bond acceptors (Lipinski definition) is 2. The van der Waals surface area contributed by atoms with E-state index >= 15 is 0 Å². The molecule has 0 aliphatic carbocycles. The zero-order chi connectivity index (χ0) is 17.1. The molecule has 2 aromatic carbocycles. The second-order valence-corrected chi connectivity index (χ2v) is 6.02. The average Bonchev–Trinajstić information content (AvgIpc) is 2.61. The molecule has 24 heavy (non-hydrogen) atoms. The molecule has 0 saturated heterocycles. The highest BCUT2D eigenvalue weighted by atomic mass is 35.5. The van der Waals surface area contributed by atoms with Gasteiger partial charge in [0.15, 0.2) is 0 Å². The van der Waals surface area contributed by atoms with Crippen molar-refractivity contribution >= 4 is 46.9 Å². The molecule has 0 spiro atoms. The molecule has 1 amide bonds. The molecule has 0 saturated carbocycles. The smallest absolute Gasteiger partial charge is 0.252 e. The molecule has 1 atom stereocenters. The number of nitriles is 1. The topological polar surface area (TPSA) is 44.1 Å². The Morgan fingerprint density at radius 2 is 1.96 bits per heavy atom. The third-order valence-electron chi connectivity index (χ3n) is 3.66. The fourth-order valence-corrected chi connectivity index (χ4v) is 2.81. The number of carbonyl (C=O) groups excluding carboxylic acids is 1. The molecular weight excluding hydrogens is 343 g/mol. The lowest BCUT2D eigenvalue weighted by atomic mass is 10.0. The Hall–Kier alpha value is -2.54. The molecule has 3 nitrogen and oxygen atoms in total. The van der Waals surface area contributed by atoms with Crippen LogP contribution in [-0.2, 0) is 4.79 Å². The summed E-state index contributed by atoms with van der Waals surface area (Å²) in [5.74, 6) is -0.274. The van der Waals surface area contributed by atoms with E-state index in [9.17, 15) is 10.1 Å². The van der Waals surface area contributed by atoms with Crippen molar-refractivity contribution in [3.8, 4) is 6.07 Å². The van der Waals surface area contributed by atoms with Crippen molar-refractivity contribution in [2.24, 2.45) is 0 Å². The quantitative estimate of drug-likeness (QED) is 0.715. The summed E-state index contributed by atoms with van der Waals surface area (Å²) in [5, 5.41) is 10.2. The molecule has 5 heteroatoms. The second-order valence-electron chi connectivity index (χ2n) is 5.21. The van der Waals surface area contributed by atoms with Crippen LogP contribution in [0.1, 0.15) is 11.1 Å². The Morgan fingerprint density at radius 1 is 1.17 bits per heavy atom. The molecule has 0 fully saturated rings. The minimum atomic E-state index is -0.633. The van der Waals surface area contributed by atoms with Crippen molar-refractivity contribution in [3.63, 3.8) is 0 Å². The van der Waals surface area contributed by atoms with E-state index in [1.165, 1.54) is 11.0 Å². The van der Waals surface area contributed by atoms with E-state index in [1.807, 2.05) is 30.3 Å². The molecule has 2 aromatic rings. The molecule has 1 aliphatic heterocycles. The Labute approximate surface area is 150 Å². The lowest BCUT2D eigenvalue weighted by molar-refractivity contribution is -0.114. The maximum atomic E-state index is 12.7. The first-order valence-electron chi connectivity index (χ1n) is 7.23. The fraction of sp³-hybridized carbons (Fsp3) is 0.0526. The van der Waals surface area contributed by atoms with E-state index in [-0.39, 0.29) is 5.91 Å². The monoisotopic (exact) mass is 354 g/mol. The summed E-state index contributed by atoms with van der Waals surface area (Å²) in [5.41, 5.74) is 2.38. The van der Waals surface area contributed by atoms with Gasteiger partial charge in [-0.2, -0.15) is 5.26 Å². The summed E-state index contributed by atoms with van der Waals surface area (Å²) < 4.78 is 0. The van der Waals surface area contributed by atoms with Gasteiger partial charge in [-0.3, -0.25) is 9.69 Å². The van der Waals surface area contributed by atoms with Crippen molar-refractivity contribution < 1.29 is 4.79 Å². The Morgan fingerprint density at radius 3 is 2.71 bits per heavy atom. The van der Waals surface area contributed by atoms with Gasteiger partial charge in [0.1, 0.15) is 6.04 Å². The van der Waals surface area contributed by atoms with E-state index < -0.39 is 6.04 Å². The minimum Gasteiger partial charge on any atom is -0.288 e. The number of carbonyl (C=O) groups is 1. The first-order chi connectivity index (χ1) is 11.6. The molecule has 0 radical (unpaired) electrons. The van der Waals surface area contributed by atoms with Gasteiger partial charge < -0.3 is 0 Å². The van der Waals surface area contributed by atoms with Gasteiger partial charge in [0.2, 0.25) is 0 Å². The summed E-state index contributed by atoms with van der Waals surface area (Å²) in [7, 11) is 0. The highest BCUT2D eigenvalue weighted by molar-refractivity contribution is 6.42. The maximum absolute atomic E-state index is 12.7. The van der Waals surface area contributed by atoms with Crippen molar-refractivity contribution in [1.82, 2.24) is 0 Å². The van der Waals surface area contributed by atoms with Gasteiger partial charge >= 0.3 is 0 Å². The molecule has 1 unspecified atom stereocenters. The standard InChI is InChI=1S/C19H12Cl2N2O/c20-16-9-5-13(11-17(16)21)6-10-19(24)23-15(12-22)8-7-14-3-1-2-4-18(14)23/h1-11,15H/b10-6+. The summed E-state index contributed by atoms with van der Waals surface area (Å²) in [6.45, 7) is 0. The number of fused-ring (bicyclic) bond motifs is 1. The van der Waals surface area contributed by atoms with E-state index in [1.54, 1.807) is 30.4 Å². The van der Waals surface area contributed by atoms with E-state index in [2.05, 4.69) is 6.07 Å². The highest BCUT2D eigenvalue weighted by Gasteiger charge is 2.26. The van der Waals surface area contributed by atoms with Crippen molar-refractivity contribution in [2.75, 3.05) is 4.90 Å². The van der Waals surface area contributed by atoms with E-state index in [4.69, 9.17) is 23.2 Å². The van der Waals surface area contributed by atoms with Gasteiger partial charge in [0.25, 0.3) is 5.91 Å². The number of rotatable bonds is 2. The SMILES string of the molecule is N#CC1C=Cc2ccccc2N1C(=O)/C=C/c1ccc(Cl)c(Cl)c1. The summed E-state index contributed by atoms with van der Waals surface area (Å²) in [6, 6.07) is 14.1. The van der Waals surface area contributed by atoms with Crippen molar-refractivity contribution in [1.29, 1.82) is 5.26 Å². The minimum absolute atomic E-state index is 0.274. The van der Waals surface area contributed by atoms with Crippen LogP contribution in [0.3, 0.4) is 0 Å². The molecule has 3 rings (SSSR count). The van der Waals surface area contributed by atoms with Crippen LogP contribution < -0.4 is 4.90 Å². The number of para-hydroxylation sites is 1. The summed E-state index contributed by atoms with van der Waals surface area (Å²) in [4.78, 5) is 14.1. The van der Waals surface area contributed by atoms with Crippen LogP contribution in [0.4, 0.5) is 5.69 Å². The molecular formula is C19H12Cl2N2O. The van der Waals surface area contributed by atoms with E-state index in [0.717, 1.165) is 16.8 Å². The normalized spacial score (nSPS) is 16.0. The van der Waals surface area contributed by atoms with Crippen LogP contribution in [0, 0.1) is 11.3 Å². The molecule has 1 heterocycles. The number of halogens is 2. The molecule has 0 aromatic heterocycles.